The van der Waals surface area contributed by atoms with Gasteiger partial charge in [-0.25, -0.2) is 8.42 Å². The molecule has 7 heteroatoms. The third-order valence-electron chi connectivity index (χ3n) is 5.37. The lowest BCUT2D eigenvalue weighted by Gasteiger charge is -2.26. The first-order chi connectivity index (χ1) is 15.1. The third-order valence-corrected chi connectivity index (χ3v) is 7.17. The Morgan fingerprint density at radius 3 is 2.28 bits per heavy atom. The number of benzene rings is 3. The highest BCUT2D eigenvalue weighted by Gasteiger charge is 2.30. The Balaban J connectivity index is 2.06. The molecular formula is C25H28N2O4S. The van der Waals surface area contributed by atoms with Gasteiger partial charge in [-0.15, -0.1) is 0 Å². The first-order valence-corrected chi connectivity index (χ1v) is 11.7. The van der Waals surface area contributed by atoms with Gasteiger partial charge in [0.05, 0.1) is 12.8 Å². The average Bonchev–Trinajstić information content (AvgIpc) is 2.75. The van der Waals surface area contributed by atoms with Gasteiger partial charge < -0.3 is 10.1 Å². The molecule has 0 spiro atoms. The van der Waals surface area contributed by atoms with Crippen LogP contribution in [0.5, 0.6) is 5.75 Å². The largest absolute Gasteiger partial charge is 0.495 e. The van der Waals surface area contributed by atoms with Crippen molar-refractivity contribution in [1.29, 1.82) is 0 Å². The number of carbonyl (C=O) groups excluding carboxylic acids is 1. The maximum atomic E-state index is 13.8. The van der Waals surface area contributed by atoms with E-state index in [4.69, 9.17) is 4.74 Å². The van der Waals surface area contributed by atoms with Crippen molar-refractivity contribution in [3.63, 3.8) is 0 Å². The zero-order valence-electron chi connectivity index (χ0n) is 19.0. The summed E-state index contributed by atoms with van der Waals surface area (Å²) in [6.45, 7) is 7.17. The molecule has 0 bridgehead atoms. The molecule has 6 nitrogen and oxygen atoms in total. The quantitative estimate of drug-likeness (QED) is 0.561. The van der Waals surface area contributed by atoms with E-state index in [-0.39, 0.29) is 17.2 Å². The zero-order valence-corrected chi connectivity index (χ0v) is 19.8. The van der Waals surface area contributed by atoms with Gasteiger partial charge in [0.2, 0.25) is 5.91 Å². The summed E-state index contributed by atoms with van der Waals surface area (Å²) in [7, 11) is -2.67. The van der Waals surface area contributed by atoms with Crippen LogP contribution in [0.1, 0.15) is 22.3 Å². The van der Waals surface area contributed by atoms with Crippen LogP contribution in [0.4, 0.5) is 11.4 Å². The topological polar surface area (TPSA) is 75.7 Å². The number of nitrogens with zero attached hydrogens (tertiary/aromatic N) is 1. The van der Waals surface area contributed by atoms with Crippen LogP contribution in [0.2, 0.25) is 0 Å². The number of para-hydroxylation sites is 1. The Morgan fingerprint density at radius 2 is 1.62 bits per heavy atom. The maximum absolute atomic E-state index is 13.8. The number of ether oxygens (including phenoxy) is 1. The Kier molecular flexibility index (Phi) is 6.89. The highest BCUT2D eigenvalue weighted by Crippen LogP contribution is 2.31. The molecule has 0 heterocycles. The number of anilines is 2. The van der Waals surface area contributed by atoms with Gasteiger partial charge in [-0.1, -0.05) is 30.3 Å². The maximum Gasteiger partial charge on any atom is 0.268 e. The molecule has 0 aliphatic heterocycles. The summed E-state index contributed by atoms with van der Waals surface area (Å²) >= 11 is 0. The summed E-state index contributed by atoms with van der Waals surface area (Å²) in [5.74, 6) is -0.212. The zero-order chi connectivity index (χ0) is 23.5. The fraction of sp³-hybridized carbons (Fsp3) is 0.240. The lowest BCUT2D eigenvalue weighted by Crippen LogP contribution is -2.38. The number of rotatable bonds is 7. The molecule has 3 aromatic carbocycles. The van der Waals surface area contributed by atoms with Crippen LogP contribution < -0.4 is 14.4 Å². The van der Waals surface area contributed by atoms with Crippen molar-refractivity contribution in [2.24, 2.45) is 0 Å². The van der Waals surface area contributed by atoms with Crippen LogP contribution >= 0.6 is 0 Å². The molecule has 0 fully saturated rings. The summed E-state index contributed by atoms with van der Waals surface area (Å²) in [4.78, 5) is 13.0. The van der Waals surface area contributed by atoms with Gasteiger partial charge in [-0.05, 0) is 80.3 Å². The summed E-state index contributed by atoms with van der Waals surface area (Å²) < 4.78 is 34.0. The van der Waals surface area contributed by atoms with E-state index in [1.807, 2.05) is 52.0 Å². The Bertz CT molecular complexity index is 1250. The van der Waals surface area contributed by atoms with Crippen LogP contribution in [-0.4, -0.2) is 28.0 Å². The molecule has 3 rings (SSSR count). The highest BCUT2D eigenvalue weighted by molar-refractivity contribution is 7.93. The number of nitrogens with one attached hydrogen (secondary N) is 1. The lowest BCUT2D eigenvalue weighted by atomic mass is 10.1. The molecule has 32 heavy (non-hydrogen) atoms. The van der Waals surface area contributed by atoms with Crippen molar-refractivity contribution in [1.82, 2.24) is 0 Å². The van der Waals surface area contributed by atoms with Gasteiger partial charge in [0.25, 0.3) is 10.0 Å². The Labute approximate surface area is 189 Å². The second-order valence-corrected chi connectivity index (χ2v) is 9.63. The van der Waals surface area contributed by atoms with Crippen molar-refractivity contribution >= 4 is 27.3 Å². The predicted molar refractivity (Wildman–Crippen MR) is 128 cm³/mol. The van der Waals surface area contributed by atoms with E-state index >= 15 is 0 Å². The average molecular weight is 453 g/mol. The normalized spacial score (nSPS) is 11.2. The number of methoxy groups -OCH3 is 1. The third kappa shape index (κ3) is 4.94. The molecule has 0 radical (unpaired) electrons. The minimum absolute atomic E-state index is 0.0157. The fourth-order valence-electron chi connectivity index (χ4n) is 3.33. The van der Waals surface area contributed by atoms with E-state index in [9.17, 15) is 13.2 Å². The summed E-state index contributed by atoms with van der Waals surface area (Å²) in [5.41, 5.74) is 4.68. The SMILES string of the molecule is COc1ccc(C)cc1S(=O)(=O)N(CC(=O)Nc1ccccc1C)c1ccc(C)c(C)c1. The number of hydrogen-bond donors (Lipinski definition) is 1. The van der Waals surface area contributed by atoms with Gasteiger partial charge in [0, 0.05) is 5.69 Å². The fourth-order valence-corrected chi connectivity index (χ4v) is 4.99. The second kappa shape index (κ2) is 9.44. The van der Waals surface area contributed by atoms with Gasteiger partial charge >= 0.3 is 0 Å². The van der Waals surface area contributed by atoms with Crippen molar-refractivity contribution in [2.45, 2.75) is 32.6 Å². The molecular weight excluding hydrogens is 424 g/mol. The first kappa shape index (κ1) is 23.3. The summed E-state index contributed by atoms with van der Waals surface area (Å²) in [6, 6.07) is 17.6. The first-order valence-electron chi connectivity index (χ1n) is 10.2. The Morgan fingerprint density at radius 1 is 0.906 bits per heavy atom. The molecule has 0 saturated heterocycles. The van der Waals surface area contributed by atoms with Crippen molar-refractivity contribution < 1.29 is 17.9 Å². The lowest BCUT2D eigenvalue weighted by molar-refractivity contribution is -0.114. The number of hydrogen-bond acceptors (Lipinski definition) is 4. The molecule has 3 aromatic rings. The van der Waals surface area contributed by atoms with Gasteiger partial charge in [0.15, 0.2) is 0 Å². The second-order valence-electron chi connectivity index (χ2n) is 7.80. The van der Waals surface area contributed by atoms with Crippen LogP contribution in [-0.2, 0) is 14.8 Å². The van der Waals surface area contributed by atoms with Gasteiger partial charge in [0.1, 0.15) is 17.2 Å². The molecule has 1 N–H and O–H groups in total. The minimum Gasteiger partial charge on any atom is -0.495 e. The smallest absolute Gasteiger partial charge is 0.268 e. The van der Waals surface area contributed by atoms with E-state index in [1.54, 1.807) is 36.4 Å². The minimum atomic E-state index is -4.10. The molecule has 0 aliphatic carbocycles. The molecule has 0 atom stereocenters. The molecule has 0 aromatic heterocycles. The number of amides is 1. The molecule has 0 saturated carbocycles. The van der Waals surface area contributed by atoms with Gasteiger partial charge in [-0.3, -0.25) is 9.10 Å². The summed E-state index contributed by atoms with van der Waals surface area (Å²) in [5, 5.41) is 2.82. The van der Waals surface area contributed by atoms with Crippen molar-refractivity contribution in [3.8, 4) is 5.75 Å². The molecule has 0 unspecified atom stereocenters. The number of sulfonamides is 1. The van der Waals surface area contributed by atoms with E-state index in [1.165, 1.54) is 7.11 Å². The van der Waals surface area contributed by atoms with E-state index in [0.717, 1.165) is 26.6 Å². The monoisotopic (exact) mass is 452 g/mol. The van der Waals surface area contributed by atoms with Crippen molar-refractivity contribution in [2.75, 3.05) is 23.3 Å². The molecule has 1 amide bonds. The Hall–Kier alpha value is -3.32. The van der Waals surface area contributed by atoms with E-state index in [0.29, 0.717) is 11.4 Å². The van der Waals surface area contributed by atoms with E-state index in [2.05, 4.69) is 5.32 Å². The molecule has 0 aliphatic rings. The van der Waals surface area contributed by atoms with Crippen LogP contribution in [0.15, 0.2) is 65.6 Å². The number of aryl methyl sites for hydroxylation is 4. The van der Waals surface area contributed by atoms with Crippen LogP contribution in [0.25, 0.3) is 0 Å². The van der Waals surface area contributed by atoms with E-state index < -0.39 is 15.9 Å². The number of carbonyl (C=O) groups is 1. The van der Waals surface area contributed by atoms with Crippen molar-refractivity contribution in [3.05, 3.63) is 82.9 Å². The molecule has 168 valence electrons. The summed E-state index contributed by atoms with van der Waals surface area (Å²) in [6.07, 6.45) is 0. The van der Waals surface area contributed by atoms with Crippen LogP contribution in [0, 0.1) is 27.7 Å². The standard InChI is InChI=1S/C25H28N2O4S/c1-17-10-13-23(31-5)24(14-17)32(29,30)27(21-12-11-18(2)20(4)15-21)16-25(28)26-22-9-7-6-8-19(22)3/h6-15H,16H2,1-5H3,(H,26,28). The predicted octanol–water partition coefficient (Wildman–Crippen LogP) is 4.76. The highest BCUT2D eigenvalue weighted by atomic mass is 32.2. The van der Waals surface area contributed by atoms with Gasteiger partial charge in [-0.2, -0.15) is 0 Å². The van der Waals surface area contributed by atoms with Crippen LogP contribution in [0.3, 0.4) is 0 Å².